The molecule has 0 saturated carbocycles. The maximum Gasteiger partial charge on any atom is 0.321 e. The predicted octanol–water partition coefficient (Wildman–Crippen LogP) is 3.32. The number of aromatic nitrogens is 1. The van der Waals surface area contributed by atoms with Crippen LogP contribution in [0.4, 0.5) is 26.4 Å². The molecule has 0 unspecified atom stereocenters. The zero-order valence-electron chi connectivity index (χ0n) is 18.5. The fraction of sp³-hybridized carbons (Fsp3) is 0.391. The number of rotatable bonds is 5. The largest absolute Gasteiger partial charge is 0.381 e. The van der Waals surface area contributed by atoms with E-state index >= 15 is 0 Å². The van der Waals surface area contributed by atoms with E-state index in [4.69, 9.17) is 10.5 Å². The highest BCUT2D eigenvalue weighted by Gasteiger charge is 2.29. The van der Waals surface area contributed by atoms with Gasteiger partial charge in [0, 0.05) is 32.1 Å². The summed E-state index contributed by atoms with van der Waals surface area (Å²) in [4.78, 5) is 37.7. The number of aliphatic imine (C=N–C) groups is 1. The molecule has 2 amide bonds. The van der Waals surface area contributed by atoms with E-state index in [-0.39, 0.29) is 28.0 Å². The molecule has 2 saturated heterocycles. The summed E-state index contributed by atoms with van der Waals surface area (Å²) in [5.74, 6) is -0.256. The number of Topliss-reactive ketones (excluding diaryl/α,β-unsaturated/α-hetero) is 1. The fourth-order valence-electron chi connectivity index (χ4n) is 3.94. The number of carbonyl (C=O) groups is 2. The lowest BCUT2D eigenvalue weighted by molar-refractivity contribution is -0.117. The number of nitrogens with two attached hydrogens (primary N) is 1. The highest BCUT2D eigenvalue weighted by molar-refractivity contribution is 9.10. The van der Waals surface area contributed by atoms with Crippen LogP contribution in [0, 0.1) is 11.7 Å². The number of morpholine rings is 1. The number of benzene rings is 1. The number of ether oxygens (including phenoxy) is 1. The summed E-state index contributed by atoms with van der Waals surface area (Å²) >= 11 is 3.09. The van der Waals surface area contributed by atoms with Crippen molar-refractivity contribution in [2.75, 3.05) is 49.6 Å². The van der Waals surface area contributed by atoms with Gasteiger partial charge in [-0.15, -0.1) is 0 Å². The molecule has 9 nitrogen and oxygen atoms in total. The Hall–Kier alpha value is -3.05. The molecule has 34 heavy (non-hydrogen) atoms. The highest BCUT2D eigenvalue weighted by Crippen LogP contribution is 2.24. The Balaban J connectivity index is 1.28. The number of amides is 2. The van der Waals surface area contributed by atoms with E-state index < -0.39 is 5.82 Å². The van der Waals surface area contributed by atoms with Crippen molar-refractivity contribution in [2.24, 2.45) is 16.6 Å². The van der Waals surface area contributed by atoms with Crippen LogP contribution >= 0.6 is 15.9 Å². The van der Waals surface area contributed by atoms with E-state index in [2.05, 4.69) is 36.1 Å². The molecule has 0 aliphatic carbocycles. The van der Waals surface area contributed by atoms with E-state index in [1.54, 1.807) is 11.1 Å². The first-order valence-electron chi connectivity index (χ1n) is 11.1. The third-order valence-corrected chi connectivity index (χ3v) is 6.50. The molecule has 0 atom stereocenters. The summed E-state index contributed by atoms with van der Waals surface area (Å²) in [6.45, 7) is 3.81. The molecule has 1 aromatic carbocycles. The number of ketones is 1. The lowest BCUT2D eigenvalue weighted by atomic mass is 9.92. The maximum atomic E-state index is 13.4. The van der Waals surface area contributed by atoms with Crippen LogP contribution in [0.25, 0.3) is 0 Å². The van der Waals surface area contributed by atoms with Crippen LogP contribution in [-0.4, -0.2) is 66.9 Å². The molecular formula is C23H26BrFN6O3. The second-order valence-corrected chi connectivity index (χ2v) is 9.01. The van der Waals surface area contributed by atoms with E-state index in [0.29, 0.717) is 50.5 Å². The molecule has 0 bridgehead atoms. The molecule has 11 heteroatoms. The van der Waals surface area contributed by atoms with E-state index in [1.165, 1.54) is 18.2 Å². The molecule has 0 spiro atoms. The van der Waals surface area contributed by atoms with Crippen LogP contribution < -0.4 is 16.0 Å². The summed E-state index contributed by atoms with van der Waals surface area (Å²) < 4.78 is 19.0. The summed E-state index contributed by atoms with van der Waals surface area (Å²) in [6.07, 6.45) is 2.62. The first-order valence-corrected chi connectivity index (χ1v) is 11.9. The topological polar surface area (TPSA) is 113 Å². The zero-order chi connectivity index (χ0) is 24.1. The van der Waals surface area contributed by atoms with Gasteiger partial charge in [-0.05, 0) is 59.1 Å². The molecule has 3 N–H and O–H groups in total. The molecule has 180 valence electrons. The van der Waals surface area contributed by atoms with E-state index in [0.717, 1.165) is 18.9 Å². The van der Waals surface area contributed by atoms with Crippen molar-refractivity contribution in [2.45, 2.75) is 12.8 Å². The number of amidine groups is 1. The maximum absolute atomic E-state index is 13.4. The average Bonchev–Trinajstić information content (AvgIpc) is 2.87. The zero-order valence-corrected chi connectivity index (χ0v) is 20.1. The van der Waals surface area contributed by atoms with Gasteiger partial charge in [0.15, 0.2) is 5.84 Å². The monoisotopic (exact) mass is 532 g/mol. The van der Waals surface area contributed by atoms with Gasteiger partial charge in [-0.3, -0.25) is 4.79 Å². The summed E-state index contributed by atoms with van der Waals surface area (Å²) in [5, 5.41) is 2.86. The Morgan fingerprint density at radius 3 is 2.53 bits per heavy atom. The van der Waals surface area contributed by atoms with Gasteiger partial charge >= 0.3 is 6.03 Å². The van der Waals surface area contributed by atoms with Crippen molar-refractivity contribution < 1.29 is 18.7 Å². The van der Waals surface area contributed by atoms with Gasteiger partial charge < -0.3 is 25.6 Å². The number of nitrogens with one attached hydrogen (secondary N) is 1. The van der Waals surface area contributed by atoms with Crippen molar-refractivity contribution in [3.63, 3.8) is 0 Å². The number of likely N-dealkylation sites (tertiary alicyclic amines) is 1. The standard InChI is InChI=1S/C23H26BrFN6O3/c24-18-13-16(1-3-19(18)25)28-22(26)21(32)15-5-7-31(8-6-15)23(33)29-17-2-4-20(27-14-17)30-9-11-34-12-10-30/h1-4,13-15H,5-12H2,(H2,26,28)(H,29,33). The quantitative estimate of drug-likeness (QED) is 0.451. The average molecular weight is 533 g/mol. The number of hydrogen-bond donors (Lipinski definition) is 2. The van der Waals surface area contributed by atoms with Gasteiger partial charge in [-0.25, -0.2) is 19.2 Å². The van der Waals surface area contributed by atoms with E-state index in [9.17, 15) is 14.0 Å². The van der Waals surface area contributed by atoms with Crippen molar-refractivity contribution in [1.29, 1.82) is 0 Å². The van der Waals surface area contributed by atoms with E-state index in [1.807, 2.05) is 12.1 Å². The van der Waals surface area contributed by atoms with Crippen LogP contribution in [0.3, 0.4) is 0 Å². The van der Waals surface area contributed by atoms with Crippen molar-refractivity contribution in [1.82, 2.24) is 9.88 Å². The minimum atomic E-state index is -0.418. The lowest BCUT2D eigenvalue weighted by Crippen LogP contribution is -2.44. The summed E-state index contributed by atoms with van der Waals surface area (Å²) in [6, 6.07) is 7.65. The van der Waals surface area contributed by atoms with Crippen LogP contribution in [0.1, 0.15) is 12.8 Å². The van der Waals surface area contributed by atoms with Gasteiger partial charge in [-0.2, -0.15) is 0 Å². The van der Waals surface area contributed by atoms with Gasteiger partial charge in [0.25, 0.3) is 0 Å². The van der Waals surface area contributed by atoms with Crippen LogP contribution in [0.5, 0.6) is 0 Å². The second kappa shape index (κ2) is 10.9. The number of hydrogen-bond acceptors (Lipinski definition) is 6. The Bertz CT molecular complexity index is 1070. The van der Waals surface area contributed by atoms with Crippen LogP contribution in [0.2, 0.25) is 0 Å². The normalized spacial score (nSPS) is 17.5. The molecule has 3 heterocycles. The molecule has 2 fully saturated rings. The third kappa shape index (κ3) is 5.89. The molecule has 1 aromatic heterocycles. The summed E-state index contributed by atoms with van der Waals surface area (Å²) in [7, 11) is 0. The number of pyridine rings is 1. The van der Waals surface area contributed by atoms with Gasteiger partial charge in [0.2, 0.25) is 5.78 Å². The minimum absolute atomic E-state index is 0.118. The molecule has 4 rings (SSSR count). The molecule has 0 radical (unpaired) electrons. The number of anilines is 2. The Labute approximate surface area is 205 Å². The van der Waals surface area contributed by atoms with Crippen molar-refractivity contribution >= 4 is 50.8 Å². The Morgan fingerprint density at radius 1 is 1.15 bits per heavy atom. The summed E-state index contributed by atoms with van der Waals surface area (Å²) in [5.41, 5.74) is 6.92. The lowest BCUT2D eigenvalue weighted by Gasteiger charge is -2.31. The molecule has 2 aromatic rings. The Morgan fingerprint density at radius 2 is 1.88 bits per heavy atom. The number of halogens is 2. The third-order valence-electron chi connectivity index (χ3n) is 5.89. The molecule has 2 aliphatic rings. The molecular weight excluding hydrogens is 507 g/mol. The van der Waals surface area contributed by atoms with Crippen molar-refractivity contribution in [3.8, 4) is 0 Å². The first kappa shape index (κ1) is 24.1. The fourth-order valence-corrected chi connectivity index (χ4v) is 4.31. The number of urea groups is 1. The van der Waals surface area contributed by atoms with Gasteiger partial charge in [0.1, 0.15) is 11.6 Å². The Kier molecular flexibility index (Phi) is 7.73. The smallest absolute Gasteiger partial charge is 0.321 e. The second-order valence-electron chi connectivity index (χ2n) is 8.16. The highest BCUT2D eigenvalue weighted by atomic mass is 79.9. The molecule has 2 aliphatic heterocycles. The van der Waals surface area contributed by atoms with Crippen molar-refractivity contribution in [3.05, 3.63) is 46.8 Å². The SMILES string of the molecule is NC(=Nc1ccc(F)c(Br)c1)C(=O)C1CCN(C(=O)Nc2ccc(N3CCOCC3)nc2)CC1. The number of carbonyl (C=O) groups excluding carboxylic acids is 2. The van der Waals surface area contributed by atoms with Crippen LogP contribution in [-0.2, 0) is 9.53 Å². The number of piperidine rings is 1. The predicted molar refractivity (Wildman–Crippen MR) is 131 cm³/mol. The number of nitrogens with zero attached hydrogens (tertiary/aromatic N) is 4. The van der Waals surface area contributed by atoms with Gasteiger partial charge in [0.05, 0.1) is 35.3 Å². The first-order chi connectivity index (χ1) is 16.4. The minimum Gasteiger partial charge on any atom is -0.381 e. The van der Waals surface area contributed by atoms with Crippen LogP contribution in [0.15, 0.2) is 46.0 Å². The van der Waals surface area contributed by atoms with Gasteiger partial charge in [-0.1, -0.05) is 0 Å².